The minimum Gasteiger partial charge on any atom is -0.461 e. The minimum absolute atomic E-state index is 0. The van der Waals surface area contributed by atoms with E-state index in [1.54, 1.807) is 0 Å². The zero-order chi connectivity index (χ0) is 32.2. The van der Waals surface area contributed by atoms with E-state index in [9.17, 15) is 19.8 Å². The van der Waals surface area contributed by atoms with Gasteiger partial charge in [-0.25, -0.2) is 0 Å². The molecular formula is C37H74O6. The number of aliphatic hydroxyl groups is 2. The number of carbonyl (C=O) groups excluding carboxylic acids is 2. The lowest BCUT2D eigenvalue weighted by Gasteiger charge is -2.33. The van der Waals surface area contributed by atoms with Crippen molar-refractivity contribution < 1.29 is 30.7 Å². The average molecular weight is 615 g/mol. The SMILES string of the molecule is CCCCCCCCCCC(CCCCCC)C(=O)OCC(CC)(CO)OC(=O)C(CCCCCCCCC)C(O)CC.[HH]. The molecule has 0 aromatic rings. The fraction of sp³-hybridized carbons (Fsp3) is 0.946. The van der Waals surface area contributed by atoms with Crippen molar-refractivity contribution in [3.05, 3.63) is 0 Å². The van der Waals surface area contributed by atoms with Crippen molar-refractivity contribution in [2.24, 2.45) is 11.8 Å². The first-order chi connectivity index (χ1) is 20.8. The molecule has 4 unspecified atom stereocenters. The lowest BCUT2D eigenvalue weighted by Crippen LogP contribution is -2.46. The topological polar surface area (TPSA) is 93.1 Å². The molecule has 0 amide bonds. The van der Waals surface area contributed by atoms with Crippen molar-refractivity contribution in [2.45, 2.75) is 200 Å². The normalized spacial score (nSPS) is 15.0. The predicted octanol–water partition coefficient (Wildman–Crippen LogP) is 10.1. The van der Waals surface area contributed by atoms with Crippen molar-refractivity contribution in [1.82, 2.24) is 0 Å². The van der Waals surface area contributed by atoms with E-state index in [4.69, 9.17) is 9.47 Å². The number of hydrogen-bond acceptors (Lipinski definition) is 6. The molecule has 2 N–H and O–H groups in total. The molecule has 0 bridgehead atoms. The highest BCUT2D eigenvalue weighted by Gasteiger charge is 2.38. The lowest BCUT2D eigenvalue weighted by molar-refractivity contribution is -0.187. The van der Waals surface area contributed by atoms with Crippen LogP contribution in [0.1, 0.15) is 190 Å². The van der Waals surface area contributed by atoms with E-state index in [0.29, 0.717) is 19.3 Å². The van der Waals surface area contributed by atoms with Gasteiger partial charge < -0.3 is 19.7 Å². The van der Waals surface area contributed by atoms with Gasteiger partial charge in [-0.15, -0.1) is 0 Å². The predicted molar refractivity (Wildman–Crippen MR) is 181 cm³/mol. The van der Waals surface area contributed by atoms with E-state index in [1.807, 2.05) is 13.8 Å². The quantitative estimate of drug-likeness (QED) is 0.0596. The third-order valence-electron chi connectivity index (χ3n) is 9.18. The second-order valence-corrected chi connectivity index (χ2v) is 13.0. The first-order valence-electron chi connectivity index (χ1n) is 18.5. The van der Waals surface area contributed by atoms with Crippen LogP contribution in [-0.4, -0.2) is 47.1 Å². The van der Waals surface area contributed by atoms with E-state index < -0.39 is 30.2 Å². The van der Waals surface area contributed by atoms with Crippen LogP contribution in [0.15, 0.2) is 0 Å². The van der Waals surface area contributed by atoms with Crippen LogP contribution in [0.5, 0.6) is 0 Å². The fourth-order valence-corrected chi connectivity index (χ4v) is 5.80. The second-order valence-electron chi connectivity index (χ2n) is 13.0. The van der Waals surface area contributed by atoms with Gasteiger partial charge in [0.05, 0.1) is 24.5 Å². The summed E-state index contributed by atoms with van der Waals surface area (Å²) >= 11 is 0. The van der Waals surface area contributed by atoms with Crippen LogP contribution in [-0.2, 0) is 19.1 Å². The molecule has 4 atom stereocenters. The molecule has 6 heteroatoms. The maximum absolute atomic E-state index is 13.3. The zero-order valence-electron chi connectivity index (χ0n) is 29.1. The molecule has 0 saturated carbocycles. The third-order valence-corrected chi connectivity index (χ3v) is 9.18. The molecule has 258 valence electrons. The van der Waals surface area contributed by atoms with Crippen LogP contribution < -0.4 is 0 Å². The van der Waals surface area contributed by atoms with Crippen LogP contribution in [0.3, 0.4) is 0 Å². The van der Waals surface area contributed by atoms with Crippen molar-refractivity contribution >= 4 is 11.9 Å². The first-order valence-corrected chi connectivity index (χ1v) is 18.5. The monoisotopic (exact) mass is 615 g/mol. The molecule has 0 heterocycles. The van der Waals surface area contributed by atoms with E-state index in [1.165, 1.54) is 70.6 Å². The molecule has 0 spiro atoms. The molecule has 6 nitrogen and oxygen atoms in total. The highest BCUT2D eigenvalue weighted by Crippen LogP contribution is 2.26. The summed E-state index contributed by atoms with van der Waals surface area (Å²) in [6.45, 7) is 9.75. The lowest BCUT2D eigenvalue weighted by atomic mass is 9.92. The van der Waals surface area contributed by atoms with Gasteiger partial charge in [0.15, 0.2) is 5.60 Å². The van der Waals surface area contributed by atoms with Crippen molar-refractivity contribution in [1.29, 1.82) is 0 Å². The Kier molecular flexibility index (Phi) is 27.6. The Morgan fingerprint density at radius 2 is 1.05 bits per heavy atom. The van der Waals surface area contributed by atoms with Crippen molar-refractivity contribution in [3.8, 4) is 0 Å². The van der Waals surface area contributed by atoms with Crippen LogP contribution in [0.25, 0.3) is 0 Å². The summed E-state index contributed by atoms with van der Waals surface area (Å²) in [6, 6.07) is 0. The number of aliphatic hydroxyl groups excluding tert-OH is 2. The van der Waals surface area contributed by atoms with Crippen LogP contribution in [0.4, 0.5) is 0 Å². The van der Waals surface area contributed by atoms with Gasteiger partial charge in [-0.2, -0.15) is 0 Å². The third kappa shape index (κ3) is 20.5. The van der Waals surface area contributed by atoms with Gasteiger partial charge >= 0.3 is 11.9 Å². The number of rotatable bonds is 31. The van der Waals surface area contributed by atoms with Crippen LogP contribution in [0.2, 0.25) is 0 Å². The summed E-state index contributed by atoms with van der Waals surface area (Å²) < 4.78 is 11.7. The Hall–Kier alpha value is -1.14. The molecule has 0 fully saturated rings. The molecule has 0 saturated heterocycles. The minimum atomic E-state index is -1.29. The van der Waals surface area contributed by atoms with Gasteiger partial charge in [0.1, 0.15) is 6.61 Å². The molecule has 0 aliphatic carbocycles. The van der Waals surface area contributed by atoms with Crippen LogP contribution in [0, 0.1) is 11.8 Å². The van der Waals surface area contributed by atoms with Gasteiger partial charge in [-0.05, 0) is 32.1 Å². The Balaban J connectivity index is 0. The highest BCUT2D eigenvalue weighted by molar-refractivity contribution is 5.74. The van der Waals surface area contributed by atoms with E-state index in [2.05, 4.69) is 20.8 Å². The molecule has 43 heavy (non-hydrogen) atoms. The van der Waals surface area contributed by atoms with Crippen LogP contribution >= 0.6 is 0 Å². The second kappa shape index (κ2) is 28.3. The number of hydrogen-bond donors (Lipinski definition) is 2. The van der Waals surface area contributed by atoms with E-state index >= 15 is 0 Å². The standard InChI is InChI=1S/C37H72O6.H2/c1-6-11-14-17-19-21-22-25-28-32(27-24-16-13-8-3)35(40)42-31-37(10-5,30-38)43-36(41)33(34(39)9-4)29-26-23-20-18-15-12-7-2;/h32-34,38-39H,6-31H2,1-5H3;1H. The summed E-state index contributed by atoms with van der Waals surface area (Å²) in [5.74, 6) is -1.53. The summed E-state index contributed by atoms with van der Waals surface area (Å²) in [7, 11) is 0. The molecule has 0 aromatic carbocycles. The fourth-order valence-electron chi connectivity index (χ4n) is 5.80. The van der Waals surface area contributed by atoms with Crippen molar-refractivity contribution in [2.75, 3.05) is 13.2 Å². The first kappa shape index (κ1) is 41.9. The Morgan fingerprint density at radius 1 is 0.628 bits per heavy atom. The number of ether oxygens (including phenoxy) is 2. The van der Waals surface area contributed by atoms with Gasteiger partial charge in [-0.3, -0.25) is 9.59 Å². The van der Waals surface area contributed by atoms with Gasteiger partial charge in [0, 0.05) is 1.43 Å². The summed E-state index contributed by atoms with van der Waals surface area (Å²) in [5.41, 5.74) is -1.29. The smallest absolute Gasteiger partial charge is 0.312 e. The summed E-state index contributed by atoms with van der Waals surface area (Å²) in [5, 5.41) is 21.0. The zero-order valence-corrected chi connectivity index (χ0v) is 29.1. The molecule has 0 aromatic heterocycles. The maximum atomic E-state index is 13.3. The molecule has 0 aliphatic rings. The number of unbranched alkanes of at least 4 members (excludes halogenated alkanes) is 16. The Bertz CT molecular complexity index is 654. The largest absolute Gasteiger partial charge is 0.461 e. The van der Waals surface area contributed by atoms with Crippen molar-refractivity contribution in [3.63, 3.8) is 0 Å². The summed E-state index contributed by atoms with van der Waals surface area (Å²) in [6.07, 6.45) is 24.4. The van der Waals surface area contributed by atoms with E-state index in [0.717, 1.165) is 64.2 Å². The van der Waals surface area contributed by atoms with E-state index in [-0.39, 0.29) is 19.9 Å². The van der Waals surface area contributed by atoms with Gasteiger partial charge in [-0.1, -0.05) is 157 Å². The number of carbonyl (C=O) groups is 2. The maximum Gasteiger partial charge on any atom is 0.312 e. The molecular weight excluding hydrogens is 540 g/mol. The van der Waals surface area contributed by atoms with Gasteiger partial charge in [0.2, 0.25) is 0 Å². The molecule has 0 aliphatic heterocycles. The molecule has 0 rings (SSSR count). The molecule has 0 radical (unpaired) electrons. The summed E-state index contributed by atoms with van der Waals surface area (Å²) in [4.78, 5) is 26.6. The van der Waals surface area contributed by atoms with Gasteiger partial charge in [0.25, 0.3) is 0 Å². The average Bonchev–Trinajstić information content (AvgIpc) is 3.02. The highest BCUT2D eigenvalue weighted by atomic mass is 16.6. The Labute approximate surface area is 268 Å². The Morgan fingerprint density at radius 3 is 1.47 bits per heavy atom. The number of esters is 2.